The number of aromatic carboxylic acids is 1. The van der Waals surface area contributed by atoms with Crippen LogP contribution in [-0.4, -0.2) is 22.8 Å². The maximum absolute atomic E-state index is 11.4. The van der Waals surface area contributed by atoms with Crippen molar-refractivity contribution in [2.24, 2.45) is 0 Å². The van der Waals surface area contributed by atoms with E-state index in [9.17, 15) is 9.90 Å². The van der Waals surface area contributed by atoms with Crippen molar-refractivity contribution in [1.29, 1.82) is 0 Å². The number of carbonyl (C=O) groups is 1. The molecule has 2 rings (SSSR count). The third kappa shape index (κ3) is 2.69. The fourth-order valence-corrected chi connectivity index (χ4v) is 2.43. The Morgan fingerprint density at radius 1 is 1.30 bits per heavy atom. The molecule has 0 atom stereocenters. The average molecular weight is 273 g/mol. The van der Waals surface area contributed by atoms with Gasteiger partial charge in [0.1, 0.15) is 0 Å². The predicted molar refractivity (Wildman–Crippen MR) is 77.6 cm³/mol. The molecule has 0 aliphatic carbocycles. The molecule has 1 aromatic carbocycles. The van der Waals surface area contributed by atoms with E-state index in [1.807, 2.05) is 48.7 Å². The van der Waals surface area contributed by atoms with Crippen LogP contribution in [0.5, 0.6) is 5.88 Å². The molecule has 0 spiro atoms. The Balaban J connectivity index is 2.52. The minimum Gasteiger partial charge on any atom is -0.482 e. The van der Waals surface area contributed by atoms with Crippen LogP contribution in [0.15, 0.2) is 36.4 Å². The highest BCUT2D eigenvalue weighted by Crippen LogP contribution is 2.29. The molecule has 2 aromatic rings. The van der Waals surface area contributed by atoms with Crippen LogP contribution in [0.3, 0.4) is 0 Å². The van der Waals surface area contributed by atoms with E-state index in [1.165, 1.54) is 0 Å². The Morgan fingerprint density at radius 3 is 2.45 bits per heavy atom. The molecular formula is C16H19NO3. The average Bonchev–Trinajstić information content (AvgIpc) is 2.78. The molecule has 4 nitrogen and oxygen atoms in total. The van der Waals surface area contributed by atoms with Crippen molar-refractivity contribution in [3.05, 3.63) is 53.2 Å². The van der Waals surface area contributed by atoms with Crippen molar-refractivity contribution in [3.63, 3.8) is 0 Å². The summed E-state index contributed by atoms with van der Waals surface area (Å²) in [6.45, 7) is 4.58. The molecule has 0 amide bonds. The largest absolute Gasteiger partial charge is 0.482 e. The third-order valence-electron chi connectivity index (χ3n) is 3.27. The highest BCUT2D eigenvalue weighted by molar-refractivity contribution is 5.90. The van der Waals surface area contributed by atoms with Crippen LogP contribution < -0.4 is 4.74 Å². The number of benzene rings is 1. The zero-order valence-electron chi connectivity index (χ0n) is 12.0. The third-order valence-corrected chi connectivity index (χ3v) is 3.27. The second kappa shape index (κ2) is 5.82. The molecule has 0 radical (unpaired) electrons. The van der Waals surface area contributed by atoms with E-state index in [-0.39, 0.29) is 5.92 Å². The van der Waals surface area contributed by atoms with Crippen molar-refractivity contribution in [1.82, 2.24) is 4.57 Å². The zero-order chi connectivity index (χ0) is 14.7. The summed E-state index contributed by atoms with van der Waals surface area (Å²) in [5.74, 6) is -0.234. The summed E-state index contributed by atoms with van der Waals surface area (Å²) in [7, 11) is 1.56. The Labute approximate surface area is 118 Å². The minimum atomic E-state index is -0.918. The first-order valence-electron chi connectivity index (χ1n) is 6.59. The number of methoxy groups -OCH3 is 1. The molecule has 0 saturated heterocycles. The van der Waals surface area contributed by atoms with Gasteiger partial charge in [0, 0.05) is 11.8 Å². The lowest BCUT2D eigenvalue weighted by Gasteiger charge is -2.15. The number of ether oxygens (including phenoxy) is 1. The van der Waals surface area contributed by atoms with Gasteiger partial charge in [-0.15, -0.1) is 0 Å². The van der Waals surface area contributed by atoms with Crippen LogP contribution in [0.1, 0.15) is 41.4 Å². The number of carboxylic acids is 1. The van der Waals surface area contributed by atoms with E-state index in [0.717, 1.165) is 11.3 Å². The quantitative estimate of drug-likeness (QED) is 0.908. The summed E-state index contributed by atoms with van der Waals surface area (Å²) < 4.78 is 7.27. The molecule has 0 aliphatic heterocycles. The maximum atomic E-state index is 11.4. The highest BCUT2D eigenvalue weighted by Gasteiger charge is 2.22. The zero-order valence-corrected chi connectivity index (χ0v) is 12.0. The van der Waals surface area contributed by atoms with Gasteiger partial charge in [-0.1, -0.05) is 44.2 Å². The first kappa shape index (κ1) is 14.2. The molecule has 0 bridgehead atoms. The van der Waals surface area contributed by atoms with Gasteiger partial charge in [-0.05, 0) is 11.5 Å². The second-order valence-corrected chi connectivity index (χ2v) is 5.02. The van der Waals surface area contributed by atoms with Crippen LogP contribution >= 0.6 is 0 Å². The smallest absolute Gasteiger partial charge is 0.337 e. The number of aromatic nitrogens is 1. The van der Waals surface area contributed by atoms with Crippen molar-refractivity contribution >= 4 is 5.97 Å². The van der Waals surface area contributed by atoms with Gasteiger partial charge < -0.3 is 14.4 Å². The second-order valence-electron chi connectivity index (χ2n) is 5.02. The first-order chi connectivity index (χ1) is 9.54. The van der Waals surface area contributed by atoms with Crippen molar-refractivity contribution < 1.29 is 14.6 Å². The standard InChI is InChI=1S/C16H19NO3/c1-11(2)15-13(16(18)19)9-14(20-3)17(15)10-12-7-5-4-6-8-12/h4-9,11H,10H2,1-3H3,(H,18,19). The van der Waals surface area contributed by atoms with Gasteiger partial charge in [0.2, 0.25) is 0 Å². The molecule has 0 fully saturated rings. The summed E-state index contributed by atoms with van der Waals surface area (Å²) in [6, 6.07) is 11.5. The van der Waals surface area contributed by atoms with Gasteiger partial charge in [0.25, 0.3) is 0 Å². The van der Waals surface area contributed by atoms with E-state index in [4.69, 9.17) is 4.74 Å². The van der Waals surface area contributed by atoms with Crippen molar-refractivity contribution in [2.45, 2.75) is 26.3 Å². The van der Waals surface area contributed by atoms with Gasteiger partial charge in [-0.3, -0.25) is 0 Å². The van der Waals surface area contributed by atoms with Gasteiger partial charge in [-0.2, -0.15) is 0 Å². The molecule has 0 saturated carbocycles. The number of nitrogens with zero attached hydrogens (tertiary/aromatic N) is 1. The molecule has 0 aliphatic rings. The fraction of sp³-hybridized carbons (Fsp3) is 0.312. The molecule has 106 valence electrons. The van der Waals surface area contributed by atoms with Gasteiger partial charge in [-0.25, -0.2) is 4.79 Å². The predicted octanol–water partition coefficient (Wildman–Crippen LogP) is 3.37. The Bertz CT molecular complexity index is 600. The number of rotatable bonds is 5. The Kier molecular flexibility index (Phi) is 4.13. The molecule has 1 aromatic heterocycles. The lowest BCUT2D eigenvalue weighted by atomic mass is 10.1. The van der Waals surface area contributed by atoms with Gasteiger partial charge in [0.05, 0.1) is 19.2 Å². The first-order valence-corrected chi connectivity index (χ1v) is 6.59. The molecule has 0 unspecified atom stereocenters. The monoisotopic (exact) mass is 273 g/mol. The molecular weight excluding hydrogens is 254 g/mol. The molecule has 1 N–H and O–H groups in total. The molecule has 20 heavy (non-hydrogen) atoms. The van der Waals surface area contributed by atoms with E-state index < -0.39 is 5.97 Å². The van der Waals surface area contributed by atoms with E-state index >= 15 is 0 Å². The summed E-state index contributed by atoms with van der Waals surface area (Å²) in [6.07, 6.45) is 0. The minimum absolute atomic E-state index is 0.105. The Hall–Kier alpha value is -2.23. The summed E-state index contributed by atoms with van der Waals surface area (Å²) >= 11 is 0. The van der Waals surface area contributed by atoms with Crippen LogP contribution in [0, 0.1) is 0 Å². The van der Waals surface area contributed by atoms with Crippen molar-refractivity contribution in [3.8, 4) is 5.88 Å². The summed E-state index contributed by atoms with van der Waals surface area (Å²) in [5.41, 5.74) is 2.21. The molecule has 1 heterocycles. The van der Waals surface area contributed by atoms with Gasteiger partial charge in [0.15, 0.2) is 5.88 Å². The maximum Gasteiger partial charge on any atom is 0.337 e. The summed E-state index contributed by atoms with van der Waals surface area (Å²) in [4.78, 5) is 11.4. The van der Waals surface area contributed by atoms with Crippen LogP contribution in [0.2, 0.25) is 0 Å². The van der Waals surface area contributed by atoms with E-state index in [2.05, 4.69) is 0 Å². The SMILES string of the molecule is COc1cc(C(=O)O)c(C(C)C)n1Cc1ccccc1. The van der Waals surface area contributed by atoms with Crippen molar-refractivity contribution in [2.75, 3.05) is 7.11 Å². The fourth-order valence-electron chi connectivity index (χ4n) is 2.43. The highest BCUT2D eigenvalue weighted by atomic mass is 16.5. The van der Waals surface area contributed by atoms with Crippen LogP contribution in [0.25, 0.3) is 0 Å². The van der Waals surface area contributed by atoms with E-state index in [1.54, 1.807) is 13.2 Å². The summed E-state index contributed by atoms with van der Waals surface area (Å²) in [5, 5.41) is 9.35. The number of hydrogen-bond acceptors (Lipinski definition) is 2. The van der Waals surface area contributed by atoms with E-state index in [0.29, 0.717) is 18.0 Å². The van der Waals surface area contributed by atoms with Crippen LogP contribution in [-0.2, 0) is 6.54 Å². The van der Waals surface area contributed by atoms with Crippen LogP contribution in [0.4, 0.5) is 0 Å². The normalized spacial score (nSPS) is 10.8. The topological polar surface area (TPSA) is 51.5 Å². The Morgan fingerprint density at radius 2 is 1.95 bits per heavy atom. The number of hydrogen-bond donors (Lipinski definition) is 1. The van der Waals surface area contributed by atoms with Gasteiger partial charge >= 0.3 is 5.97 Å². The lowest BCUT2D eigenvalue weighted by Crippen LogP contribution is -2.10. The molecule has 4 heteroatoms. The number of carboxylic acid groups (broad SMARTS) is 1. The lowest BCUT2D eigenvalue weighted by molar-refractivity contribution is 0.0695.